The Hall–Kier alpha value is -1.42. The third-order valence-electron chi connectivity index (χ3n) is 3.71. The number of nitrogens with zero attached hydrogens (tertiary/aromatic N) is 2. The number of aromatic nitrogens is 2. The van der Waals surface area contributed by atoms with Gasteiger partial charge in [0, 0.05) is 17.6 Å². The van der Waals surface area contributed by atoms with Crippen LogP contribution in [0.5, 0.6) is 0 Å². The molecule has 0 spiro atoms. The van der Waals surface area contributed by atoms with Crippen molar-refractivity contribution in [3.05, 3.63) is 42.1 Å². The second-order valence-electron chi connectivity index (χ2n) is 4.89. The molecule has 0 amide bonds. The molecule has 0 radical (unpaired) electrons. The second kappa shape index (κ2) is 5.48. The maximum absolute atomic E-state index is 3.88. The van der Waals surface area contributed by atoms with Crippen molar-refractivity contribution >= 4 is 16.5 Å². The van der Waals surface area contributed by atoms with Gasteiger partial charge in [-0.15, -0.1) is 5.10 Å². The van der Waals surface area contributed by atoms with Gasteiger partial charge in [0.05, 0.1) is 6.20 Å². The lowest BCUT2D eigenvalue weighted by Crippen LogP contribution is -2.24. The number of hydrogen-bond acceptors (Lipinski definition) is 4. The fourth-order valence-electron chi connectivity index (χ4n) is 2.73. The number of hydrogen-bond donors (Lipinski definition) is 1. The minimum Gasteiger partial charge on any atom is -0.372 e. The first-order valence-electron chi connectivity index (χ1n) is 6.50. The van der Waals surface area contributed by atoms with Gasteiger partial charge in [-0.3, -0.25) is 0 Å². The van der Waals surface area contributed by atoms with Crippen LogP contribution in [0.15, 0.2) is 36.5 Å². The molecule has 1 aliphatic rings. The molecular formula is C14H17N3S. The van der Waals surface area contributed by atoms with E-state index in [1.807, 2.05) is 6.20 Å². The van der Waals surface area contributed by atoms with Crippen molar-refractivity contribution in [3.8, 4) is 0 Å². The zero-order valence-corrected chi connectivity index (χ0v) is 11.1. The van der Waals surface area contributed by atoms with Crippen molar-refractivity contribution in [2.75, 3.05) is 5.32 Å². The van der Waals surface area contributed by atoms with Crippen molar-refractivity contribution in [1.29, 1.82) is 0 Å². The van der Waals surface area contributed by atoms with Gasteiger partial charge in [-0.25, -0.2) is 0 Å². The Labute approximate surface area is 111 Å². The van der Waals surface area contributed by atoms with Crippen LogP contribution in [-0.4, -0.2) is 15.6 Å². The smallest absolute Gasteiger partial charge is 0.130 e. The Morgan fingerprint density at radius 3 is 2.50 bits per heavy atom. The summed E-state index contributed by atoms with van der Waals surface area (Å²) in [5.74, 6) is 0.740. The SMILES string of the molecule is c1ccc(C2CCC(Nc3cnns3)CC2)cc1. The average molecular weight is 259 g/mol. The second-order valence-corrected chi connectivity index (χ2v) is 5.67. The summed E-state index contributed by atoms with van der Waals surface area (Å²) in [6, 6.07) is 11.5. The lowest BCUT2D eigenvalue weighted by molar-refractivity contribution is 0.412. The Morgan fingerprint density at radius 1 is 1.06 bits per heavy atom. The standard InChI is InChI=1S/C14H17N3S/c1-2-4-11(5-3-1)12-6-8-13(9-7-12)16-14-10-15-17-18-14/h1-5,10,12-13,16H,6-9H2. The third kappa shape index (κ3) is 2.70. The third-order valence-corrected chi connectivity index (χ3v) is 4.30. The van der Waals surface area contributed by atoms with E-state index in [9.17, 15) is 0 Å². The molecule has 3 rings (SSSR count). The summed E-state index contributed by atoms with van der Waals surface area (Å²) in [5, 5.41) is 8.48. The normalized spacial score (nSPS) is 23.8. The van der Waals surface area contributed by atoms with Crippen molar-refractivity contribution in [3.63, 3.8) is 0 Å². The van der Waals surface area contributed by atoms with Crippen LogP contribution in [0.25, 0.3) is 0 Å². The van der Waals surface area contributed by atoms with Crippen LogP contribution in [0.4, 0.5) is 5.00 Å². The van der Waals surface area contributed by atoms with Crippen LogP contribution in [0, 0.1) is 0 Å². The van der Waals surface area contributed by atoms with Crippen LogP contribution in [0.2, 0.25) is 0 Å². The molecule has 1 saturated carbocycles. The maximum Gasteiger partial charge on any atom is 0.130 e. The van der Waals surface area contributed by atoms with Crippen molar-refractivity contribution in [1.82, 2.24) is 9.59 Å². The van der Waals surface area contributed by atoms with E-state index in [4.69, 9.17) is 0 Å². The molecule has 94 valence electrons. The Bertz CT molecular complexity index is 461. The van der Waals surface area contributed by atoms with E-state index in [0.29, 0.717) is 6.04 Å². The van der Waals surface area contributed by atoms with Gasteiger partial charge in [0.15, 0.2) is 0 Å². The molecule has 1 aromatic heterocycles. The minimum absolute atomic E-state index is 0.590. The molecular weight excluding hydrogens is 242 g/mol. The number of nitrogens with one attached hydrogen (secondary N) is 1. The molecule has 0 unspecified atom stereocenters. The van der Waals surface area contributed by atoms with E-state index >= 15 is 0 Å². The van der Waals surface area contributed by atoms with E-state index in [-0.39, 0.29) is 0 Å². The van der Waals surface area contributed by atoms with Crippen LogP contribution in [-0.2, 0) is 0 Å². The van der Waals surface area contributed by atoms with Crippen molar-refractivity contribution in [2.24, 2.45) is 0 Å². The molecule has 1 aromatic carbocycles. The van der Waals surface area contributed by atoms with E-state index in [2.05, 4.69) is 45.2 Å². The minimum atomic E-state index is 0.590. The van der Waals surface area contributed by atoms with E-state index in [1.165, 1.54) is 42.8 Å². The highest BCUT2D eigenvalue weighted by Crippen LogP contribution is 2.33. The first-order chi connectivity index (χ1) is 8.92. The van der Waals surface area contributed by atoms with E-state index in [1.54, 1.807) is 0 Å². The lowest BCUT2D eigenvalue weighted by atomic mass is 9.82. The van der Waals surface area contributed by atoms with Crippen LogP contribution in [0.1, 0.15) is 37.2 Å². The summed E-state index contributed by atoms with van der Waals surface area (Å²) in [4.78, 5) is 0. The molecule has 1 aliphatic carbocycles. The topological polar surface area (TPSA) is 37.8 Å². The lowest BCUT2D eigenvalue weighted by Gasteiger charge is -2.29. The fraction of sp³-hybridized carbons (Fsp3) is 0.429. The van der Waals surface area contributed by atoms with Crippen LogP contribution < -0.4 is 5.32 Å². The van der Waals surface area contributed by atoms with Gasteiger partial charge in [-0.2, -0.15) is 0 Å². The predicted octanol–water partition coefficient (Wildman–Crippen LogP) is 3.68. The zero-order chi connectivity index (χ0) is 12.2. The van der Waals surface area contributed by atoms with Gasteiger partial charge in [-0.1, -0.05) is 34.8 Å². The monoisotopic (exact) mass is 259 g/mol. The Morgan fingerprint density at radius 2 is 1.83 bits per heavy atom. The average Bonchev–Trinajstić information content (AvgIpc) is 2.94. The molecule has 1 N–H and O–H groups in total. The number of anilines is 1. The van der Waals surface area contributed by atoms with Gasteiger partial charge in [0.25, 0.3) is 0 Å². The predicted molar refractivity (Wildman–Crippen MR) is 75.0 cm³/mol. The molecule has 1 heterocycles. The summed E-state index contributed by atoms with van der Waals surface area (Å²) >= 11 is 1.44. The summed E-state index contributed by atoms with van der Waals surface area (Å²) in [7, 11) is 0. The largest absolute Gasteiger partial charge is 0.372 e. The van der Waals surface area contributed by atoms with Crippen molar-refractivity contribution in [2.45, 2.75) is 37.6 Å². The van der Waals surface area contributed by atoms with Crippen molar-refractivity contribution < 1.29 is 0 Å². The van der Waals surface area contributed by atoms with Crippen LogP contribution >= 0.6 is 11.5 Å². The molecule has 0 aliphatic heterocycles. The molecule has 3 nitrogen and oxygen atoms in total. The highest BCUT2D eigenvalue weighted by atomic mass is 32.1. The van der Waals surface area contributed by atoms with Gasteiger partial charge < -0.3 is 5.32 Å². The molecule has 4 heteroatoms. The van der Waals surface area contributed by atoms with Gasteiger partial charge in [0.2, 0.25) is 0 Å². The molecule has 0 bridgehead atoms. The number of rotatable bonds is 3. The molecule has 18 heavy (non-hydrogen) atoms. The quantitative estimate of drug-likeness (QED) is 0.913. The number of benzene rings is 1. The Balaban J connectivity index is 1.55. The van der Waals surface area contributed by atoms with Crippen LogP contribution in [0.3, 0.4) is 0 Å². The molecule has 0 saturated heterocycles. The highest BCUT2D eigenvalue weighted by molar-refractivity contribution is 7.09. The molecule has 0 atom stereocenters. The zero-order valence-electron chi connectivity index (χ0n) is 10.2. The maximum atomic E-state index is 3.88. The van der Waals surface area contributed by atoms with Gasteiger partial charge >= 0.3 is 0 Å². The Kier molecular flexibility index (Phi) is 3.55. The summed E-state index contributed by atoms with van der Waals surface area (Å²) < 4.78 is 3.88. The first-order valence-corrected chi connectivity index (χ1v) is 7.28. The van der Waals surface area contributed by atoms with E-state index in [0.717, 1.165) is 10.9 Å². The molecule has 1 fully saturated rings. The van der Waals surface area contributed by atoms with E-state index < -0.39 is 0 Å². The van der Waals surface area contributed by atoms with Gasteiger partial charge in [-0.05, 0) is 37.2 Å². The van der Waals surface area contributed by atoms with Gasteiger partial charge in [0.1, 0.15) is 5.00 Å². The summed E-state index contributed by atoms with van der Waals surface area (Å²) in [6.45, 7) is 0. The first kappa shape index (κ1) is 11.7. The molecule has 2 aromatic rings. The highest BCUT2D eigenvalue weighted by Gasteiger charge is 2.22. The summed E-state index contributed by atoms with van der Waals surface area (Å²) in [5.41, 5.74) is 1.50. The fourth-order valence-corrected chi connectivity index (χ4v) is 3.22. The summed E-state index contributed by atoms with van der Waals surface area (Å²) in [6.07, 6.45) is 6.82.